The number of nitrogens with zero attached hydrogens (tertiary/aromatic N) is 1. The molecule has 0 aliphatic heterocycles. The maximum absolute atomic E-state index is 11.0. The van der Waals surface area contributed by atoms with Gasteiger partial charge in [0, 0.05) is 16.3 Å². The summed E-state index contributed by atoms with van der Waals surface area (Å²) < 4.78 is 2.90. The molecule has 1 aromatic heterocycles. The zero-order valence-electron chi connectivity index (χ0n) is 9.32. The Labute approximate surface area is 109 Å². The normalized spacial score (nSPS) is 24.9. The van der Waals surface area contributed by atoms with Gasteiger partial charge in [-0.15, -0.1) is 0 Å². The Morgan fingerprint density at radius 2 is 2.38 bits per heavy atom. The molecule has 16 heavy (non-hydrogen) atoms. The van der Waals surface area contributed by atoms with Gasteiger partial charge in [-0.25, -0.2) is 4.79 Å². The minimum absolute atomic E-state index is 0.420. The molecule has 1 aliphatic carbocycles. The molecule has 4 heteroatoms. The maximum atomic E-state index is 11.0. The molecule has 88 valence electrons. The molecule has 1 fully saturated rings. The number of hydrogen-bond donors (Lipinski definition) is 1. The van der Waals surface area contributed by atoms with Gasteiger partial charge in [0.15, 0.2) is 0 Å². The molecule has 1 aliphatic rings. The molecule has 2 rings (SSSR count). The lowest BCUT2D eigenvalue weighted by atomic mass is 10.1. The lowest BCUT2D eigenvalue weighted by Crippen LogP contribution is -2.13. The van der Waals surface area contributed by atoms with Crippen LogP contribution in [0.25, 0.3) is 0 Å². The van der Waals surface area contributed by atoms with E-state index in [0.717, 1.165) is 16.0 Å². The second kappa shape index (κ2) is 4.77. The molecule has 0 radical (unpaired) electrons. The van der Waals surface area contributed by atoms with Crippen LogP contribution in [0.1, 0.15) is 36.7 Å². The number of halogens is 1. The van der Waals surface area contributed by atoms with Crippen molar-refractivity contribution in [2.45, 2.75) is 32.7 Å². The van der Waals surface area contributed by atoms with E-state index >= 15 is 0 Å². The lowest BCUT2D eigenvalue weighted by Gasteiger charge is -2.12. The van der Waals surface area contributed by atoms with Gasteiger partial charge in [-0.1, -0.05) is 13.3 Å². The number of hydrogen-bond acceptors (Lipinski definition) is 1. The van der Waals surface area contributed by atoms with Crippen LogP contribution in [0.4, 0.5) is 0 Å². The summed E-state index contributed by atoms with van der Waals surface area (Å²) in [7, 11) is 0. The number of carboxylic acid groups (broad SMARTS) is 1. The summed E-state index contributed by atoms with van der Waals surface area (Å²) in [4.78, 5) is 11.0. The van der Waals surface area contributed by atoms with E-state index < -0.39 is 5.97 Å². The number of aromatic nitrogens is 1. The van der Waals surface area contributed by atoms with Crippen molar-refractivity contribution in [2.75, 3.05) is 0 Å². The van der Waals surface area contributed by atoms with Crippen LogP contribution in [-0.4, -0.2) is 15.6 Å². The SMILES string of the molecule is CC1CCC(Cn2cc(I)cc2C(=O)O)C1. The molecular formula is C12H16INO2. The number of carboxylic acids is 1. The predicted octanol–water partition coefficient (Wildman–Crippen LogP) is 3.23. The van der Waals surface area contributed by atoms with Crippen molar-refractivity contribution in [3.63, 3.8) is 0 Å². The molecular weight excluding hydrogens is 317 g/mol. The molecule has 0 amide bonds. The summed E-state index contributed by atoms with van der Waals surface area (Å²) in [5, 5.41) is 9.08. The maximum Gasteiger partial charge on any atom is 0.352 e. The van der Waals surface area contributed by atoms with Crippen molar-refractivity contribution in [3.8, 4) is 0 Å². The molecule has 1 N–H and O–H groups in total. The summed E-state index contributed by atoms with van der Waals surface area (Å²) >= 11 is 2.17. The highest BCUT2D eigenvalue weighted by atomic mass is 127. The van der Waals surface area contributed by atoms with Crippen molar-refractivity contribution >= 4 is 28.6 Å². The highest BCUT2D eigenvalue weighted by molar-refractivity contribution is 14.1. The Bertz CT molecular complexity index is 400. The van der Waals surface area contributed by atoms with Gasteiger partial charge in [0.2, 0.25) is 0 Å². The van der Waals surface area contributed by atoms with E-state index in [4.69, 9.17) is 5.11 Å². The number of aromatic carboxylic acids is 1. The van der Waals surface area contributed by atoms with Gasteiger partial charge in [-0.3, -0.25) is 0 Å². The molecule has 0 aromatic carbocycles. The Kier molecular flexibility index (Phi) is 3.56. The minimum Gasteiger partial charge on any atom is -0.477 e. The molecule has 1 aromatic rings. The fraction of sp³-hybridized carbons (Fsp3) is 0.583. The third kappa shape index (κ3) is 2.59. The summed E-state index contributed by atoms with van der Waals surface area (Å²) in [6, 6.07) is 1.74. The highest BCUT2D eigenvalue weighted by Gasteiger charge is 2.23. The summed E-state index contributed by atoms with van der Waals surface area (Å²) in [6.45, 7) is 3.13. The Hall–Kier alpha value is -0.520. The zero-order valence-corrected chi connectivity index (χ0v) is 11.5. The van der Waals surface area contributed by atoms with Crippen LogP contribution in [0, 0.1) is 15.4 Å². The monoisotopic (exact) mass is 333 g/mol. The molecule has 0 bridgehead atoms. The quantitative estimate of drug-likeness (QED) is 0.863. The van der Waals surface area contributed by atoms with E-state index in [1.807, 2.05) is 10.8 Å². The third-order valence-electron chi connectivity index (χ3n) is 3.34. The molecule has 3 nitrogen and oxygen atoms in total. The fourth-order valence-corrected chi connectivity index (χ4v) is 3.20. The van der Waals surface area contributed by atoms with Crippen molar-refractivity contribution in [2.24, 2.45) is 11.8 Å². The average Bonchev–Trinajstić information content (AvgIpc) is 2.74. The van der Waals surface area contributed by atoms with Crippen LogP contribution >= 0.6 is 22.6 Å². The van der Waals surface area contributed by atoms with Gasteiger partial charge in [0.1, 0.15) is 5.69 Å². The summed E-state index contributed by atoms with van der Waals surface area (Å²) in [5.74, 6) is 0.623. The number of rotatable bonds is 3. The fourth-order valence-electron chi connectivity index (χ4n) is 2.57. The smallest absolute Gasteiger partial charge is 0.352 e. The molecule has 0 spiro atoms. The van der Waals surface area contributed by atoms with E-state index in [9.17, 15) is 4.79 Å². The first-order chi connectivity index (χ1) is 7.56. The first kappa shape index (κ1) is 12.0. The Balaban J connectivity index is 2.11. The van der Waals surface area contributed by atoms with Crippen LogP contribution in [0.15, 0.2) is 12.3 Å². The van der Waals surface area contributed by atoms with Crippen LogP contribution in [0.3, 0.4) is 0 Å². The van der Waals surface area contributed by atoms with E-state index in [2.05, 4.69) is 29.5 Å². The summed E-state index contributed by atoms with van der Waals surface area (Å²) in [5.41, 5.74) is 0.420. The standard InChI is InChI=1S/C12H16INO2/c1-8-2-3-9(4-8)6-14-7-10(13)5-11(14)12(15)16/h5,7-9H,2-4,6H2,1H3,(H,15,16). The van der Waals surface area contributed by atoms with Crippen LogP contribution < -0.4 is 0 Å². The average molecular weight is 333 g/mol. The number of carbonyl (C=O) groups is 1. The summed E-state index contributed by atoms with van der Waals surface area (Å²) in [6.07, 6.45) is 5.68. The van der Waals surface area contributed by atoms with E-state index in [1.165, 1.54) is 19.3 Å². The first-order valence-electron chi connectivity index (χ1n) is 5.65. The van der Waals surface area contributed by atoms with Crippen molar-refractivity contribution in [1.82, 2.24) is 4.57 Å². The van der Waals surface area contributed by atoms with Gasteiger partial charge >= 0.3 is 5.97 Å². The highest BCUT2D eigenvalue weighted by Crippen LogP contribution is 2.32. The first-order valence-corrected chi connectivity index (χ1v) is 6.73. The van der Waals surface area contributed by atoms with Gasteiger partial charge < -0.3 is 9.67 Å². The van der Waals surface area contributed by atoms with E-state index in [1.54, 1.807) is 6.07 Å². The zero-order chi connectivity index (χ0) is 11.7. The van der Waals surface area contributed by atoms with Gasteiger partial charge in [-0.2, -0.15) is 0 Å². The van der Waals surface area contributed by atoms with E-state index in [0.29, 0.717) is 11.6 Å². The minimum atomic E-state index is -0.825. The van der Waals surface area contributed by atoms with E-state index in [-0.39, 0.29) is 0 Å². The molecule has 2 atom stereocenters. The lowest BCUT2D eigenvalue weighted by molar-refractivity contribution is 0.0684. The third-order valence-corrected chi connectivity index (χ3v) is 3.93. The van der Waals surface area contributed by atoms with Crippen molar-refractivity contribution in [3.05, 3.63) is 21.5 Å². The molecule has 1 saturated carbocycles. The van der Waals surface area contributed by atoms with Crippen LogP contribution in [-0.2, 0) is 6.54 Å². The molecule has 1 heterocycles. The Morgan fingerprint density at radius 3 is 2.94 bits per heavy atom. The van der Waals surface area contributed by atoms with Gasteiger partial charge in [0.25, 0.3) is 0 Å². The second-order valence-electron chi connectivity index (χ2n) is 4.79. The largest absolute Gasteiger partial charge is 0.477 e. The topological polar surface area (TPSA) is 42.2 Å². The van der Waals surface area contributed by atoms with Crippen LogP contribution in [0.5, 0.6) is 0 Å². The molecule has 2 unspecified atom stereocenters. The predicted molar refractivity (Wildman–Crippen MR) is 70.6 cm³/mol. The second-order valence-corrected chi connectivity index (χ2v) is 6.03. The van der Waals surface area contributed by atoms with Crippen molar-refractivity contribution < 1.29 is 9.90 Å². The Morgan fingerprint density at radius 1 is 1.62 bits per heavy atom. The van der Waals surface area contributed by atoms with Gasteiger partial charge in [-0.05, 0) is 53.3 Å². The van der Waals surface area contributed by atoms with Crippen LogP contribution in [0.2, 0.25) is 0 Å². The molecule has 0 saturated heterocycles. The van der Waals surface area contributed by atoms with Crippen molar-refractivity contribution in [1.29, 1.82) is 0 Å². The van der Waals surface area contributed by atoms with Gasteiger partial charge in [0.05, 0.1) is 0 Å².